The van der Waals surface area contributed by atoms with Gasteiger partial charge in [0.25, 0.3) is 0 Å². The second-order valence-electron chi connectivity index (χ2n) is 6.28. The Hall–Kier alpha value is -1.84. The molecule has 1 aliphatic carbocycles. The minimum atomic E-state index is -0.248. The number of rotatable bonds is 2. The lowest BCUT2D eigenvalue weighted by atomic mass is 9.93. The summed E-state index contributed by atoms with van der Waals surface area (Å²) in [5.41, 5.74) is 2.13. The SMILES string of the molecule is ON1C(c2ccccc2)c2ccccc2OC1C1CCCC1. The first-order chi connectivity index (χ1) is 10.8. The maximum absolute atomic E-state index is 10.9. The van der Waals surface area contributed by atoms with Gasteiger partial charge in [0.1, 0.15) is 5.75 Å². The molecule has 22 heavy (non-hydrogen) atoms. The van der Waals surface area contributed by atoms with Gasteiger partial charge >= 0.3 is 0 Å². The van der Waals surface area contributed by atoms with Crippen LogP contribution >= 0.6 is 0 Å². The van der Waals surface area contributed by atoms with E-state index in [1.54, 1.807) is 0 Å². The summed E-state index contributed by atoms with van der Waals surface area (Å²) >= 11 is 0. The zero-order valence-electron chi connectivity index (χ0n) is 12.6. The molecule has 2 aliphatic rings. The van der Waals surface area contributed by atoms with Crippen molar-refractivity contribution >= 4 is 0 Å². The minimum absolute atomic E-state index is 0.156. The average Bonchev–Trinajstić information content (AvgIpc) is 3.09. The molecule has 3 nitrogen and oxygen atoms in total. The Morgan fingerprint density at radius 3 is 2.36 bits per heavy atom. The first kappa shape index (κ1) is 13.8. The fraction of sp³-hybridized carbons (Fsp3) is 0.368. The summed E-state index contributed by atoms with van der Waals surface area (Å²) in [5.74, 6) is 1.31. The van der Waals surface area contributed by atoms with Crippen molar-refractivity contribution in [2.75, 3.05) is 0 Å². The van der Waals surface area contributed by atoms with Crippen LogP contribution in [-0.2, 0) is 0 Å². The molecule has 0 spiro atoms. The Morgan fingerprint density at radius 1 is 0.909 bits per heavy atom. The van der Waals surface area contributed by atoms with E-state index in [1.807, 2.05) is 42.5 Å². The molecule has 4 rings (SSSR count). The Kier molecular flexibility index (Phi) is 3.60. The zero-order chi connectivity index (χ0) is 14.9. The van der Waals surface area contributed by atoms with Gasteiger partial charge in [0.2, 0.25) is 0 Å². The van der Waals surface area contributed by atoms with Crippen molar-refractivity contribution in [2.45, 2.75) is 38.0 Å². The van der Waals surface area contributed by atoms with Crippen molar-refractivity contribution in [1.29, 1.82) is 0 Å². The summed E-state index contributed by atoms with van der Waals surface area (Å²) in [6.07, 6.45) is 4.48. The summed E-state index contributed by atoms with van der Waals surface area (Å²) in [7, 11) is 0. The lowest BCUT2D eigenvalue weighted by Gasteiger charge is -2.41. The molecular formula is C19H21NO2. The quantitative estimate of drug-likeness (QED) is 0.892. The third-order valence-corrected chi connectivity index (χ3v) is 4.90. The number of hydrogen-bond acceptors (Lipinski definition) is 3. The van der Waals surface area contributed by atoms with Crippen molar-refractivity contribution in [1.82, 2.24) is 5.06 Å². The molecule has 0 bridgehead atoms. The number of ether oxygens (including phenoxy) is 1. The first-order valence-corrected chi connectivity index (χ1v) is 8.12. The van der Waals surface area contributed by atoms with Crippen LogP contribution in [0.1, 0.15) is 42.9 Å². The van der Waals surface area contributed by atoms with Crippen LogP contribution < -0.4 is 4.74 Å². The molecule has 114 valence electrons. The van der Waals surface area contributed by atoms with Crippen LogP contribution in [0.15, 0.2) is 54.6 Å². The highest BCUT2D eigenvalue weighted by atomic mass is 16.6. The Bertz CT molecular complexity index is 637. The van der Waals surface area contributed by atoms with E-state index in [0.717, 1.165) is 29.7 Å². The van der Waals surface area contributed by atoms with Gasteiger partial charge in [-0.3, -0.25) is 0 Å². The van der Waals surface area contributed by atoms with E-state index in [9.17, 15) is 5.21 Å². The van der Waals surface area contributed by atoms with Crippen LogP contribution in [0.5, 0.6) is 5.75 Å². The van der Waals surface area contributed by atoms with Crippen LogP contribution in [0.2, 0.25) is 0 Å². The van der Waals surface area contributed by atoms with Crippen LogP contribution in [0, 0.1) is 5.92 Å². The van der Waals surface area contributed by atoms with Crippen molar-refractivity contribution < 1.29 is 9.94 Å². The Morgan fingerprint density at radius 2 is 1.59 bits per heavy atom. The van der Waals surface area contributed by atoms with Crippen LogP contribution in [0.3, 0.4) is 0 Å². The lowest BCUT2D eigenvalue weighted by molar-refractivity contribution is -0.233. The first-order valence-electron chi connectivity index (χ1n) is 8.12. The number of para-hydroxylation sites is 1. The monoisotopic (exact) mass is 295 g/mol. The molecule has 1 fully saturated rings. The van der Waals surface area contributed by atoms with Gasteiger partial charge in [-0.2, -0.15) is 0 Å². The summed E-state index contributed by atoms with van der Waals surface area (Å²) in [4.78, 5) is 0. The second-order valence-corrected chi connectivity index (χ2v) is 6.28. The van der Waals surface area contributed by atoms with Gasteiger partial charge in [0, 0.05) is 11.5 Å². The third kappa shape index (κ3) is 2.31. The van der Waals surface area contributed by atoms with Crippen LogP contribution in [0.4, 0.5) is 0 Å². The largest absolute Gasteiger partial charge is 0.472 e. The minimum Gasteiger partial charge on any atom is -0.472 e. The van der Waals surface area contributed by atoms with E-state index in [0.29, 0.717) is 5.92 Å². The molecule has 0 saturated heterocycles. The molecule has 1 aliphatic heterocycles. The number of fused-ring (bicyclic) bond motifs is 1. The fourth-order valence-electron chi connectivity index (χ4n) is 3.81. The lowest BCUT2D eigenvalue weighted by Crippen LogP contribution is -2.47. The van der Waals surface area contributed by atoms with Gasteiger partial charge in [-0.1, -0.05) is 61.4 Å². The van der Waals surface area contributed by atoms with E-state index in [4.69, 9.17) is 4.74 Å². The highest BCUT2D eigenvalue weighted by molar-refractivity contribution is 5.43. The fourth-order valence-corrected chi connectivity index (χ4v) is 3.81. The van der Waals surface area contributed by atoms with Gasteiger partial charge in [-0.05, 0) is 24.5 Å². The van der Waals surface area contributed by atoms with Gasteiger partial charge in [-0.25, -0.2) is 0 Å². The van der Waals surface area contributed by atoms with Crippen molar-refractivity contribution in [2.24, 2.45) is 5.92 Å². The van der Waals surface area contributed by atoms with Gasteiger partial charge < -0.3 is 9.94 Å². The van der Waals surface area contributed by atoms with Gasteiger partial charge in [-0.15, -0.1) is 5.06 Å². The predicted octanol–water partition coefficient (Wildman–Crippen LogP) is 4.38. The van der Waals surface area contributed by atoms with Crippen LogP contribution in [0.25, 0.3) is 0 Å². The smallest absolute Gasteiger partial charge is 0.177 e. The molecule has 1 saturated carbocycles. The zero-order valence-corrected chi connectivity index (χ0v) is 12.6. The molecule has 1 heterocycles. The third-order valence-electron chi connectivity index (χ3n) is 4.90. The Labute approximate surface area is 131 Å². The van der Waals surface area contributed by atoms with E-state index < -0.39 is 0 Å². The van der Waals surface area contributed by atoms with Crippen LogP contribution in [-0.4, -0.2) is 16.5 Å². The van der Waals surface area contributed by atoms with E-state index in [1.165, 1.54) is 17.9 Å². The topological polar surface area (TPSA) is 32.7 Å². The van der Waals surface area contributed by atoms with Crippen molar-refractivity contribution in [3.63, 3.8) is 0 Å². The number of nitrogens with zero attached hydrogens (tertiary/aromatic N) is 1. The summed E-state index contributed by atoms with van der Waals surface area (Å²) < 4.78 is 6.16. The predicted molar refractivity (Wildman–Crippen MR) is 84.7 cm³/mol. The average molecular weight is 295 g/mol. The molecule has 3 heteroatoms. The molecule has 0 aromatic heterocycles. The van der Waals surface area contributed by atoms with Crippen molar-refractivity contribution in [3.05, 3.63) is 65.7 Å². The van der Waals surface area contributed by atoms with E-state index >= 15 is 0 Å². The molecule has 2 aromatic rings. The van der Waals surface area contributed by atoms with Crippen molar-refractivity contribution in [3.8, 4) is 5.75 Å². The van der Waals surface area contributed by atoms with E-state index in [2.05, 4.69) is 12.1 Å². The molecular weight excluding hydrogens is 274 g/mol. The molecule has 2 unspecified atom stereocenters. The molecule has 0 radical (unpaired) electrons. The van der Waals surface area contributed by atoms with Gasteiger partial charge in [0.05, 0.1) is 6.04 Å². The van der Waals surface area contributed by atoms with Gasteiger partial charge in [0.15, 0.2) is 6.23 Å². The molecule has 1 N–H and O–H groups in total. The molecule has 2 atom stereocenters. The molecule has 0 amide bonds. The number of hydroxylamine groups is 2. The molecule has 2 aromatic carbocycles. The maximum Gasteiger partial charge on any atom is 0.177 e. The highest BCUT2D eigenvalue weighted by Crippen LogP contribution is 2.43. The van der Waals surface area contributed by atoms with E-state index in [-0.39, 0.29) is 12.3 Å². The summed E-state index contributed by atoms with van der Waals surface area (Å²) in [6, 6.07) is 18.1. The second kappa shape index (κ2) is 5.75. The number of benzene rings is 2. The standard InChI is InChI=1S/C19H21NO2/c21-20-18(14-8-2-1-3-9-14)16-12-6-7-13-17(16)22-19(20)15-10-4-5-11-15/h1-3,6-9,12-13,15,18-19,21H,4-5,10-11H2. The Balaban J connectivity index is 1.77. The summed E-state index contributed by atoms with van der Waals surface area (Å²) in [5, 5.41) is 12.3. The summed E-state index contributed by atoms with van der Waals surface area (Å²) in [6.45, 7) is 0. The highest BCUT2D eigenvalue weighted by Gasteiger charge is 2.40. The normalized spacial score (nSPS) is 25.7. The maximum atomic E-state index is 10.9. The number of hydrogen-bond donors (Lipinski definition) is 1.